The second kappa shape index (κ2) is 16.1. The molecule has 1 saturated heterocycles. The molecule has 1 aliphatic heterocycles. The number of amides is 3. The minimum absolute atomic E-state index is 0.00849. The van der Waals surface area contributed by atoms with Gasteiger partial charge in [-0.3, -0.25) is 19.3 Å². The first-order valence-corrected chi connectivity index (χ1v) is 12.0. The Morgan fingerprint density at radius 3 is 1.94 bits per heavy atom. The predicted octanol–water partition coefficient (Wildman–Crippen LogP) is 2.03. The molecule has 1 N–H and O–H groups in total. The van der Waals surface area contributed by atoms with Gasteiger partial charge < -0.3 is 24.3 Å². The van der Waals surface area contributed by atoms with Gasteiger partial charge in [-0.15, -0.1) is 0 Å². The van der Waals surface area contributed by atoms with Crippen molar-refractivity contribution in [1.82, 2.24) is 10.2 Å². The number of nitrogens with zero attached hydrogens (tertiary/aromatic N) is 1. The summed E-state index contributed by atoms with van der Waals surface area (Å²) in [5.41, 5.74) is 0.214. The second-order valence-corrected chi connectivity index (χ2v) is 9.80. The standard InChI is InChI=1S/C24H44N2O7/c1-19(2)20-18-22(28)26(23(20)29)9-11-31-13-15-33-17-16-32-14-12-30-10-6-21(27)25-8-7-24(3,4)5/h19-20H,6-18H2,1-5H3,(H,25,27). The predicted molar refractivity (Wildman–Crippen MR) is 125 cm³/mol. The van der Waals surface area contributed by atoms with Crippen molar-refractivity contribution >= 4 is 17.7 Å². The summed E-state index contributed by atoms with van der Waals surface area (Å²) in [5, 5.41) is 2.90. The van der Waals surface area contributed by atoms with Gasteiger partial charge in [0.25, 0.3) is 0 Å². The van der Waals surface area contributed by atoms with E-state index in [9.17, 15) is 14.4 Å². The molecule has 0 spiro atoms. The van der Waals surface area contributed by atoms with E-state index in [4.69, 9.17) is 18.9 Å². The van der Waals surface area contributed by atoms with Crippen LogP contribution in [0.3, 0.4) is 0 Å². The molecule has 0 aromatic heterocycles. The van der Waals surface area contributed by atoms with Crippen LogP contribution in [0.5, 0.6) is 0 Å². The summed E-state index contributed by atoms with van der Waals surface area (Å²) in [5.74, 6) is -0.220. The maximum atomic E-state index is 12.2. The van der Waals surface area contributed by atoms with Crippen LogP contribution in [-0.2, 0) is 33.3 Å². The fourth-order valence-corrected chi connectivity index (χ4v) is 3.21. The minimum Gasteiger partial charge on any atom is -0.379 e. The van der Waals surface area contributed by atoms with Crippen molar-refractivity contribution in [3.63, 3.8) is 0 Å². The van der Waals surface area contributed by atoms with Crippen LogP contribution < -0.4 is 5.32 Å². The molecule has 1 rings (SSSR count). The number of nitrogens with one attached hydrogen (secondary N) is 1. The number of likely N-dealkylation sites (tertiary alicyclic amines) is 1. The number of hydrogen-bond acceptors (Lipinski definition) is 7. The number of hydrogen-bond donors (Lipinski definition) is 1. The van der Waals surface area contributed by atoms with Crippen molar-refractivity contribution in [2.75, 3.05) is 65.9 Å². The van der Waals surface area contributed by atoms with Gasteiger partial charge in [0.2, 0.25) is 17.7 Å². The van der Waals surface area contributed by atoms with Gasteiger partial charge in [0.05, 0.1) is 59.4 Å². The van der Waals surface area contributed by atoms with Gasteiger partial charge in [0, 0.05) is 25.3 Å². The average molecular weight is 473 g/mol. The van der Waals surface area contributed by atoms with Gasteiger partial charge >= 0.3 is 0 Å². The van der Waals surface area contributed by atoms with Crippen LogP contribution in [0.15, 0.2) is 0 Å². The highest BCUT2D eigenvalue weighted by Gasteiger charge is 2.39. The van der Waals surface area contributed by atoms with Gasteiger partial charge in [-0.05, 0) is 17.8 Å². The maximum absolute atomic E-state index is 12.2. The minimum atomic E-state index is -0.200. The topological polar surface area (TPSA) is 103 Å². The summed E-state index contributed by atoms with van der Waals surface area (Å²) in [7, 11) is 0. The van der Waals surface area contributed by atoms with E-state index >= 15 is 0 Å². The smallest absolute Gasteiger partial charge is 0.233 e. The molecule has 0 aromatic rings. The Labute approximate surface area is 198 Å². The van der Waals surface area contributed by atoms with Crippen molar-refractivity contribution in [1.29, 1.82) is 0 Å². The molecule has 1 atom stereocenters. The van der Waals surface area contributed by atoms with E-state index in [-0.39, 0.29) is 35.0 Å². The van der Waals surface area contributed by atoms with Crippen molar-refractivity contribution < 1.29 is 33.3 Å². The lowest BCUT2D eigenvalue weighted by molar-refractivity contribution is -0.140. The van der Waals surface area contributed by atoms with Crippen LogP contribution in [0.25, 0.3) is 0 Å². The Kier molecular flexibility index (Phi) is 14.4. The lowest BCUT2D eigenvalue weighted by Crippen LogP contribution is -2.34. The third kappa shape index (κ3) is 13.7. The zero-order valence-electron chi connectivity index (χ0n) is 21.2. The fraction of sp³-hybridized carbons (Fsp3) is 0.875. The molecule has 0 aromatic carbocycles. The molecular formula is C24H44N2O7. The summed E-state index contributed by atoms with van der Waals surface area (Å²) >= 11 is 0. The number of carbonyl (C=O) groups excluding carboxylic acids is 3. The number of rotatable bonds is 18. The van der Waals surface area contributed by atoms with Crippen LogP contribution in [0, 0.1) is 17.3 Å². The van der Waals surface area contributed by atoms with Crippen molar-refractivity contribution in [3.8, 4) is 0 Å². The fourth-order valence-electron chi connectivity index (χ4n) is 3.21. The van der Waals surface area contributed by atoms with Crippen molar-refractivity contribution in [2.24, 2.45) is 17.3 Å². The highest BCUT2D eigenvalue weighted by Crippen LogP contribution is 2.25. The van der Waals surface area contributed by atoms with Crippen LogP contribution in [0.2, 0.25) is 0 Å². The summed E-state index contributed by atoms with van der Waals surface area (Å²) in [6.07, 6.45) is 1.60. The molecule has 1 aliphatic rings. The van der Waals surface area contributed by atoms with Crippen LogP contribution >= 0.6 is 0 Å². The zero-order chi connectivity index (χ0) is 24.7. The Morgan fingerprint density at radius 1 is 0.939 bits per heavy atom. The van der Waals surface area contributed by atoms with Crippen LogP contribution in [0.1, 0.15) is 53.9 Å². The van der Waals surface area contributed by atoms with E-state index in [2.05, 4.69) is 26.1 Å². The number of imide groups is 1. The lowest BCUT2D eigenvalue weighted by Gasteiger charge is -2.17. The van der Waals surface area contributed by atoms with Crippen LogP contribution in [0.4, 0.5) is 0 Å². The second-order valence-electron chi connectivity index (χ2n) is 9.80. The molecule has 192 valence electrons. The van der Waals surface area contributed by atoms with Crippen molar-refractivity contribution in [3.05, 3.63) is 0 Å². The van der Waals surface area contributed by atoms with E-state index in [0.717, 1.165) is 6.42 Å². The first-order valence-electron chi connectivity index (χ1n) is 12.0. The van der Waals surface area contributed by atoms with Gasteiger partial charge in [-0.1, -0.05) is 34.6 Å². The first-order chi connectivity index (χ1) is 15.6. The SMILES string of the molecule is CC(C)C1CC(=O)N(CCOCCOCCOCCOCCC(=O)NCCC(C)(C)C)C1=O. The maximum Gasteiger partial charge on any atom is 0.233 e. The highest BCUT2D eigenvalue weighted by atomic mass is 16.6. The largest absolute Gasteiger partial charge is 0.379 e. The molecule has 9 nitrogen and oxygen atoms in total. The third-order valence-electron chi connectivity index (χ3n) is 5.33. The van der Waals surface area contributed by atoms with E-state index < -0.39 is 0 Å². The Hall–Kier alpha value is -1.55. The summed E-state index contributed by atoms with van der Waals surface area (Å²) < 4.78 is 21.7. The Bertz CT molecular complexity index is 590. The molecule has 1 unspecified atom stereocenters. The summed E-state index contributed by atoms with van der Waals surface area (Å²) in [6.45, 7) is 14.6. The molecule has 0 saturated carbocycles. The summed E-state index contributed by atoms with van der Waals surface area (Å²) in [4.78, 5) is 37.1. The first kappa shape index (κ1) is 29.5. The molecule has 33 heavy (non-hydrogen) atoms. The van der Waals surface area contributed by atoms with E-state index in [1.54, 1.807) is 0 Å². The Morgan fingerprint density at radius 2 is 1.45 bits per heavy atom. The lowest BCUT2D eigenvalue weighted by atomic mass is 9.92. The van der Waals surface area contributed by atoms with Crippen LogP contribution in [-0.4, -0.2) is 88.6 Å². The molecule has 9 heteroatoms. The van der Waals surface area contributed by atoms with Gasteiger partial charge in [-0.25, -0.2) is 0 Å². The van der Waals surface area contributed by atoms with E-state index in [1.807, 2.05) is 13.8 Å². The van der Waals surface area contributed by atoms with Gasteiger partial charge in [-0.2, -0.15) is 0 Å². The molecule has 0 aliphatic carbocycles. The normalized spacial score (nSPS) is 16.8. The van der Waals surface area contributed by atoms with Gasteiger partial charge in [0.15, 0.2) is 0 Å². The zero-order valence-corrected chi connectivity index (χ0v) is 21.2. The monoisotopic (exact) mass is 472 g/mol. The molecule has 0 bridgehead atoms. The summed E-state index contributed by atoms with van der Waals surface area (Å²) in [6, 6.07) is 0. The molecule has 0 radical (unpaired) electrons. The van der Waals surface area contributed by atoms with Crippen molar-refractivity contribution in [2.45, 2.75) is 53.9 Å². The van der Waals surface area contributed by atoms with E-state index in [0.29, 0.717) is 78.8 Å². The Balaban J connectivity index is 1.85. The molecular weight excluding hydrogens is 428 g/mol. The number of carbonyl (C=O) groups is 3. The highest BCUT2D eigenvalue weighted by molar-refractivity contribution is 6.03. The average Bonchev–Trinajstić information content (AvgIpc) is 3.01. The molecule has 1 fully saturated rings. The molecule has 3 amide bonds. The third-order valence-corrected chi connectivity index (χ3v) is 5.33. The van der Waals surface area contributed by atoms with Gasteiger partial charge in [0.1, 0.15) is 0 Å². The van der Waals surface area contributed by atoms with E-state index in [1.165, 1.54) is 4.90 Å². The quantitative estimate of drug-likeness (QED) is 0.240. The number of ether oxygens (including phenoxy) is 4. The molecule has 1 heterocycles.